The summed E-state index contributed by atoms with van der Waals surface area (Å²) in [5.74, 6) is 0.275. The SMILES string of the molecule is CC(C(=O)C1CNCCN1)N(C)C. The minimum atomic E-state index is -0.00819. The van der Waals surface area contributed by atoms with Gasteiger partial charge < -0.3 is 10.6 Å². The molecule has 1 aliphatic heterocycles. The van der Waals surface area contributed by atoms with Gasteiger partial charge in [0.2, 0.25) is 0 Å². The summed E-state index contributed by atoms with van der Waals surface area (Å²) in [5, 5.41) is 6.42. The lowest BCUT2D eigenvalue weighted by Gasteiger charge is -2.28. The van der Waals surface area contributed by atoms with E-state index in [1.165, 1.54) is 0 Å². The van der Waals surface area contributed by atoms with Crippen molar-refractivity contribution >= 4 is 5.78 Å². The Balaban J connectivity index is 2.45. The Labute approximate surface area is 79.7 Å². The summed E-state index contributed by atoms with van der Waals surface area (Å²) < 4.78 is 0. The van der Waals surface area contributed by atoms with Crippen LogP contribution in [0.2, 0.25) is 0 Å². The van der Waals surface area contributed by atoms with E-state index in [0.717, 1.165) is 19.6 Å². The van der Waals surface area contributed by atoms with Gasteiger partial charge in [-0.05, 0) is 21.0 Å². The number of rotatable bonds is 3. The highest BCUT2D eigenvalue weighted by Gasteiger charge is 2.25. The third-order valence-corrected chi connectivity index (χ3v) is 2.57. The van der Waals surface area contributed by atoms with Crippen LogP contribution in [0.15, 0.2) is 0 Å². The lowest BCUT2D eigenvalue weighted by molar-refractivity contribution is -0.125. The van der Waals surface area contributed by atoms with Crippen molar-refractivity contribution in [3.8, 4) is 0 Å². The largest absolute Gasteiger partial charge is 0.313 e. The number of hydrogen-bond donors (Lipinski definition) is 2. The summed E-state index contributed by atoms with van der Waals surface area (Å²) >= 11 is 0. The van der Waals surface area contributed by atoms with Crippen LogP contribution in [0.5, 0.6) is 0 Å². The second kappa shape index (κ2) is 4.69. The van der Waals surface area contributed by atoms with Crippen molar-refractivity contribution in [3.63, 3.8) is 0 Å². The summed E-state index contributed by atoms with van der Waals surface area (Å²) in [4.78, 5) is 13.7. The van der Waals surface area contributed by atoms with Gasteiger partial charge in [0.25, 0.3) is 0 Å². The maximum Gasteiger partial charge on any atom is 0.167 e. The first kappa shape index (κ1) is 10.6. The molecule has 0 saturated carbocycles. The molecular formula is C9H19N3O. The number of ketones is 1. The van der Waals surface area contributed by atoms with Gasteiger partial charge in [-0.3, -0.25) is 9.69 Å². The summed E-state index contributed by atoms with van der Waals surface area (Å²) in [6, 6.07) is -0.0106. The fourth-order valence-corrected chi connectivity index (χ4v) is 1.40. The van der Waals surface area contributed by atoms with E-state index in [1.54, 1.807) is 0 Å². The molecule has 1 aliphatic rings. The molecule has 2 N–H and O–H groups in total. The molecule has 0 radical (unpaired) electrons. The Morgan fingerprint density at radius 2 is 2.15 bits per heavy atom. The Kier molecular flexibility index (Phi) is 3.84. The molecule has 1 heterocycles. The summed E-state index contributed by atoms with van der Waals surface area (Å²) in [6.07, 6.45) is 0. The van der Waals surface area contributed by atoms with Gasteiger partial charge >= 0.3 is 0 Å². The summed E-state index contributed by atoms with van der Waals surface area (Å²) in [7, 11) is 3.86. The van der Waals surface area contributed by atoms with Crippen molar-refractivity contribution in [2.45, 2.75) is 19.0 Å². The maximum atomic E-state index is 11.8. The highest BCUT2D eigenvalue weighted by Crippen LogP contribution is 1.99. The average Bonchev–Trinajstić information content (AvgIpc) is 2.17. The van der Waals surface area contributed by atoms with Crippen molar-refractivity contribution in [2.75, 3.05) is 33.7 Å². The minimum absolute atomic E-state index is 0.00241. The first-order chi connectivity index (χ1) is 6.13. The average molecular weight is 185 g/mol. The number of hydrogen-bond acceptors (Lipinski definition) is 4. The maximum absolute atomic E-state index is 11.8. The van der Waals surface area contributed by atoms with E-state index >= 15 is 0 Å². The second-order valence-corrected chi connectivity index (χ2v) is 3.75. The zero-order chi connectivity index (χ0) is 9.84. The van der Waals surface area contributed by atoms with E-state index in [-0.39, 0.29) is 17.9 Å². The molecule has 0 bridgehead atoms. The molecular weight excluding hydrogens is 166 g/mol. The van der Waals surface area contributed by atoms with Crippen LogP contribution in [0, 0.1) is 0 Å². The number of nitrogens with one attached hydrogen (secondary N) is 2. The van der Waals surface area contributed by atoms with Crippen LogP contribution >= 0.6 is 0 Å². The van der Waals surface area contributed by atoms with Gasteiger partial charge in [0.15, 0.2) is 5.78 Å². The van der Waals surface area contributed by atoms with Gasteiger partial charge in [0.05, 0.1) is 12.1 Å². The third-order valence-electron chi connectivity index (χ3n) is 2.57. The van der Waals surface area contributed by atoms with Crippen LogP contribution in [-0.4, -0.2) is 56.5 Å². The van der Waals surface area contributed by atoms with Crippen LogP contribution in [0.4, 0.5) is 0 Å². The van der Waals surface area contributed by atoms with Gasteiger partial charge in [-0.15, -0.1) is 0 Å². The summed E-state index contributed by atoms with van der Waals surface area (Å²) in [5.41, 5.74) is 0. The molecule has 1 rings (SSSR count). The van der Waals surface area contributed by atoms with Gasteiger partial charge in [-0.1, -0.05) is 0 Å². The van der Waals surface area contributed by atoms with E-state index in [0.29, 0.717) is 0 Å². The topological polar surface area (TPSA) is 44.4 Å². The predicted molar refractivity (Wildman–Crippen MR) is 52.8 cm³/mol. The molecule has 0 aromatic carbocycles. The van der Waals surface area contributed by atoms with Crippen molar-refractivity contribution in [2.24, 2.45) is 0 Å². The number of piperazine rings is 1. The quantitative estimate of drug-likeness (QED) is 0.596. The Morgan fingerprint density at radius 3 is 2.62 bits per heavy atom. The fourth-order valence-electron chi connectivity index (χ4n) is 1.40. The molecule has 0 spiro atoms. The number of carbonyl (C=O) groups is 1. The molecule has 0 aromatic rings. The molecule has 0 aliphatic carbocycles. The lowest BCUT2D eigenvalue weighted by Crippen LogP contribution is -2.56. The molecule has 0 amide bonds. The zero-order valence-corrected chi connectivity index (χ0v) is 8.63. The normalized spacial score (nSPS) is 26.0. The monoisotopic (exact) mass is 185 g/mol. The zero-order valence-electron chi connectivity index (χ0n) is 8.63. The molecule has 13 heavy (non-hydrogen) atoms. The standard InChI is InChI=1S/C9H19N3O/c1-7(12(2)3)9(13)8-6-10-4-5-11-8/h7-8,10-11H,4-6H2,1-3H3. The third kappa shape index (κ3) is 2.76. The van der Waals surface area contributed by atoms with Crippen molar-refractivity contribution in [3.05, 3.63) is 0 Å². The Morgan fingerprint density at radius 1 is 1.46 bits per heavy atom. The van der Waals surface area contributed by atoms with Crippen LogP contribution in [0.3, 0.4) is 0 Å². The molecule has 1 saturated heterocycles. The molecule has 0 aromatic heterocycles. The van der Waals surface area contributed by atoms with Crippen LogP contribution in [-0.2, 0) is 4.79 Å². The van der Waals surface area contributed by atoms with Crippen LogP contribution in [0.25, 0.3) is 0 Å². The number of likely N-dealkylation sites (N-methyl/N-ethyl adjacent to an activating group) is 1. The highest BCUT2D eigenvalue weighted by molar-refractivity contribution is 5.89. The Bertz CT molecular complexity index is 176. The van der Waals surface area contributed by atoms with E-state index in [2.05, 4.69) is 10.6 Å². The van der Waals surface area contributed by atoms with Gasteiger partial charge in [-0.25, -0.2) is 0 Å². The van der Waals surface area contributed by atoms with Crippen LogP contribution < -0.4 is 10.6 Å². The lowest BCUT2D eigenvalue weighted by atomic mass is 10.0. The molecule has 76 valence electrons. The number of nitrogens with zero attached hydrogens (tertiary/aromatic N) is 1. The van der Waals surface area contributed by atoms with Gasteiger partial charge in [0, 0.05) is 19.6 Å². The molecule has 1 fully saturated rings. The molecule has 4 heteroatoms. The molecule has 2 atom stereocenters. The minimum Gasteiger partial charge on any atom is -0.313 e. The smallest absolute Gasteiger partial charge is 0.167 e. The van der Waals surface area contributed by atoms with Crippen molar-refractivity contribution in [1.29, 1.82) is 0 Å². The highest BCUT2D eigenvalue weighted by atomic mass is 16.1. The predicted octanol–water partition coefficient (Wildman–Crippen LogP) is -0.933. The number of Topliss-reactive ketones (excluding diaryl/α,β-unsaturated/α-hetero) is 1. The van der Waals surface area contributed by atoms with E-state index in [9.17, 15) is 4.79 Å². The van der Waals surface area contributed by atoms with Crippen molar-refractivity contribution in [1.82, 2.24) is 15.5 Å². The molecule has 4 nitrogen and oxygen atoms in total. The Hall–Kier alpha value is -0.450. The summed E-state index contributed by atoms with van der Waals surface area (Å²) in [6.45, 7) is 4.55. The van der Waals surface area contributed by atoms with E-state index in [1.807, 2.05) is 25.9 Å². The van der Waals surface area contributed by atoms with Gasteiger partial charge in [0.1, 0.15) is 0 Å². The van der Waals surface area contributed by atoms with E-state index < -0.39 is 0 Å². The molecule has 2 unspecified atom stereocenters. The van der Waals surface area contributed by atoms with E-state index in [4.69, 9.17) is 0 Å². The second-order valence-electron chi connectivity index (χ2n) is 3.75. The first-order valence-corrected chi connectivity index (χ1v) is 4.77. The fraction of sp³-hybridized carbons (Fsp3) is 0.889. The first-order valence-electron chi connectivity index (χ1n) is 4.77. The van der Waals surface area contributed by atoms with Crippen LogP contribution in [0.1, 0.15) is 6.92 Å². The van der Waals surface area contributed by atoms with Gasteiger partial charge in [-0.2, -0.15) is 0 Å². The number of carbonyl (C=O) groups excluding carboxylic acids is 1. The van der Waals surface area contributed by atoms with Crippen molar-refractivity contribution < 1.29 is 4.79 Å².